The van der Waals surface area contributed by atoms with Crippen molar-refractivity contribution in [3.8, 4) is 0 Å². The van der Waals surface area contributed by atoms with Gasteiger partial charge in [-0.25, -0.2) is 0 Å². The van der Waals surface area contributed by atoms with Gasteiger partial charge in [-0.3, -0.25) is 9.59 Å². The van der Waals surface area contributed by atoms with Crippen LogP contribution in [0, 0.1) is 17.3 Å². The van der Waals surface area contributed by atoms with Crippen molar-refractivity contribution in [2.24, 2.45) is 17.3 Å². The lowest BCUT2D eigenvalue weighted by atomic mass is 9.70. The van der Waals surface area contributed by atoms with E-state index >= 15 is 0 Å². The van der Waals surface area contributed by atoms with Crippen molar-refractivity contribution in [3.05, 3.63) is 0 Å². The molecule has 3 unspecified atom stereocenters. The minimum absolute atomic E-state index is 0.113. The van der Waals surface area contributed by atoms with Crippen LogP contribution >= 0.6 is 0 Å². The van der Waals surface area contributed by atoms with E-state index in [9.17, 15) is 22.8 Å². The molecular formula is C12H16F3NO3. The summed E-state index contributed by atoms with van der Waals surface area (Å²) < 4.78 is 36.5. The van der Waals surface area contributed by atoms with Gasteiger partial charge in [0, 0.05) is 12.0 Å². The summed E-state index contributed by atoms with van der Waals surface area (Å²) in [7, 11) is 0. The number of alkyl halides is 3. The smallest absolute Gasteiger partial charge is 0.471 e. The van der Waals surface area contributed by atoms with Crippen LogP contribution < -0.4 is 5.32 Å². The highest BCUT2D eigenvalue weighted by Crippen LogP contribution is 2.57. The van der Waals surface area contributed by atoms with Crippen molar-refractivity contribution in [2.75, 3.05) is 6.54 Å². The number of carboxylic acids is 1. The molecule has 2 aliphatic rings. The van der Waals surface area contributed by atoms with Crippen molar-refractivity contribution < 1.29 is 27.9 Å². The summed E-state index contributed by atoms with van der Waals surface area (Å²) in [5.41, 5.74) is -0.699. The molecule has 0 radical (unpaired) electrons. The van der Waals surface area contributed by atoms with Crippen LogP contribution in [0.5, 0.6) is 0 Å². The van der Waals surface area contributed by atoms with Gasteiger partial charge in [-0.1, -0.05) is 6.42 Å². The molecule has 3 atom stereocenters. The molecule has 0 aromatic rings. The zero-order valence-corrected chi connectivity index (χ0v) is 10.3. The van der Waals surface area contributed by atoms with E-state index in [1.807, 2.05) is 5.32 Å². The van der Waals surface area contributed by atoms with Crippen LogP contribution in [0.15, 0.2) is 0 Å². The summed E-state index contributed by atoms with van der Waals surface area (Å²) in [4.78, 5) is 21.8. The highest BCUT2D eigenvalue weighted by molar-refractivity contribution is 5.81. The number of carboxylic acid groups (broad SMARTS) is 1. The van der Waals surface area contributed by atoms with Crippen LogP contribution in [0.2, 0.25) is 0 Å². The van der Waals surface area contributed by atoms with Crippen LogP contribution in [0.4, 0.5) is 13.2 Å². The number of carbonyl (C=O) groups excluding carboxylic acids is 1. The van der Waals surface area contributed by atoms with E-state index in [-0.39, 0.29) is 18.9 Å². The quantitative estimate of drug-likeness (QED) is 0.826. The molecule has 2 fully saturated rings. The maximum atomic E-state index is 12.2. The lowest BCUT2D eigenvalue weighted by Gasteiger charge is -2.36. The molecule has 1 amide bonds. The Morgan fingerprint density at radius 3 is 2.42 bits per heavy atom. The third-order valence-electron chi connectivity index (χ3n) is 4.46. The predicted molar refractivity (Wildman–Crippen MR) is 59.2 cm³/mol. The Hall–Kier alpha value is -1.27. The summed E-state index contributed by atoms with van der Waals surface area (Å²) in [5.74, 6) is -2.50. The lowest BCUT2D eigenvalue weighted by Crippen LogP contribution is -2.46. The number of rotatable bonds is 4. The van der Waals surface area contributed by atoms with Gasteiger partial charge < -0.3 is 10.4 Å². The molecule has 0 heterocycles. The topological polar surface area (TPSA) is 66.4 Å². The number of halogens is 3. The second-order valence-corrected chi connectivity index (χ2v) is 5.69. The second-order valence-electron chi connectivity index (χ2n) is 5.69. The molecule has 2 aliphatic carbocycles. The molecule has 108 valence electrons. The molecule has 19 heavy (non-hydrogen) atoms. The van der Waals surface area contributed by atoms with E-state index in [2.05, 4.69) is 0 Å². The molecule has 7 heteroatoms. The minimum atomic E-state index is -4.91. The fourth-order valence-corrected chi connectivity index (χ4v) is 3.71. The summed E-state index contributed by atoms with van der Waals surface area (Å²) in [6.07, 6.45) is -1.76. The van der Waals surface area contributed by atoms with E-state index in [0.29, 0.717) is 12.3 Å². The molecule has 2 N–H and O–H groups in total. The number of carbonyl (C=O) groups is 2. The third-order valence-corrected chi connectivity index (χ3v) is 4.46. The maximum absolute atomic E-state index is 12.2. The van der Waals surface area contributed by atoms with Gasteiger partial charge in [-0.05, 0) is 31.1 Å². The van der Waals surface area contributed by atoms with Crippen LogP contribution in [-0.2, 0) is 9.59 Å². The molecule has 0 aliphatic heterocycles. The number of hydrogen-bond donors (Lipinski definition) is 2. The summed E-state index contributed by atoms with van der Waals surface area (Å²) in [5, 5.41) is 10.8. The van der Waals surface area contributed by atoms with E-state index < -0.39 is 23.5 Å². The molecule has 2 saturated carbocycles. The van der Waals surface area contributed by atoms with Gasteiger partial charge in [-0.2, -0.15) is 13.2 Å². The molecule has 0 spiro atoms. The molecule has 4 nitrogen and oxygen atoms in total. The van der Waals surface area contributed by atoms with Gasteiger partial charge in [0.25, 0.3) is 0 Å². The average molecular weight is 279 g/mol. The highest BCUT2D eigenvalue weighted by atomic mass is 19.4. The SMILES string of the molecule is O=C(O)CC1(CNC(=O)C(F)(F)F)CC2CCC1C2. The average Bonchev–Trinajstić information content (AvgIpc) is 2.83. The Kier molecular flexibility index (Phi) is 3.49. The fourth-order valence-electron chi connectivity index (χ4n) is 3.71. The molecule has 2 bridgehead atoms. The van der Waals surface area contributed by atoms with Crippen molar-refractivity contribution in [1.29, 1.82) is 0 Å². The van der Waals surface area contributed by atoms with Crippen LogP contribution in [0.1, 0.15) is 32.1 Å². The first kappa shape index (κ1) is 14.1. The van der Waals surface area contributed by atoms with Gasteiger partial charge in [0.15, 0.2) is 0 Å². The van der Waals surface area contributed by atoms with Gasteiger partial charge in [0.1, 0.15) is 0 Å². The lowest BCUT2D eigenvalue weighted by molar-refractivity contribution is -0.174. The Bertz CT molecular complexity index is 396. The molecular weight excluding hydrogens is 263 g/mol. The van der Waals surface area contributed by atoms with Gasteiger partial charge >= 0.3 is 18.1 Å². The number of aliphatic carboxylic acids is 1. The summed E-state index contributed by atoms with van der Waals surface area (Å²) in [6.45, 7) is -0.196. The van der Waals surface area contributed by atoms with Crippen LogP contribution in [0.25, 0.3) is 0 Å². The Morgan fingerprint density at radius 2 is 2.00 bits per heavy atom. The maximum Gasteiger partial charge on any atom is 0.471 e. The van der Waals surface area contributed by atoms with E-state index in [4.69, 9.17) is 5.11 Å². The minimum Gasteiger partial charge on any atom is -0.481 e. The summed E-state index contributed by atoms with van der Waals surface area (Å²) in [6, 6.07) is 0. The molecule has 2 rings (SSSR count). The second kappa shape index (κ2) is 4.68. The fraction of sp³-hybridized carbons (Fsp3) is 0.833. The Balaban J connectivity index is 2.04. The predicted octanol–water partition coefficient (Wildman–Crippen LogP) is 1.95. The summed E-state index contributed by atoms with van der Waals surface area (Å²) >= 11 is 0. The van der Waals surface area contributed by atoms with Gasteiger partial charge in [0.05, 0.1) is 6.42 Å². The largest absolute Gasteiger partial charge is 0.481 e. The van der Waals surface area contributed by atoms with Crippen molar-refractivity contribution in [3.63, 3.8) is 0 Å². The zero-order chi connectivity index (χ0) is 14.3. The highest BCUT2D eigenvalue weighted by Gasteiger charge is 2.52. The van der Waals surface area contributed by atoms with E-state index in [1.165, 1.54) is 0 Å². The first-order valence-corrected chi connectivity index (χ1v) is 6.30. The standard InChI is InChI=1S/C12H16F3NO3/c13-12(14,15)10(19)16-6-11(5-9(17)18)4-7-1-2-8(11)3-7/h7-8H,1-6H2,(H,16,19)(H,17,18). The first-order chi connectivity index (χ1) is 8.73. The van der Waals surface area contributed by atoms with Crippen LogP contribution in [-0.4, -0.2) is 29.7 Å². The van der Waals surface area contributed by atoms with Crippen molar-refractivity contribution >= 4 is 11.9 Å². The van der Waals surface area contributed by atoms with E-state index in [1.54, 1.807) is 0 Å². The van der Waals surface area contributed by atoms with Gasteiger partial charge in [-0.15, -0.1) is 0 Å². The number of nitrogens with one attached hydrogen (secondary N) is 1. The number of hydrogen-bond acceptors (Lipinski definition) is 2. The van der Waals surface area contributed by atoms with Crippen molar-refractivity contribution in [1.82, 2.24) is 5.32 Å². The molecule has 0 saturated heterocycles. The molecule has 0 aromatic heterocycles. The zero-order valence-electron chi connectivity index (χ0n) is 10.3. The number of amides is 1. The normalized spacial score (nSPS) is 33.4. The Morgan fingerprint density at radius 1 is 1.32 bits per heavy atom. The third kappa shape index (κ3) is 2.84. The van der Waals surface area contributed by atoms with E-state index in [0.717, 1.165) is 19.3 Å². The Labute approximate surface area is 108 Å². The monoisotopic (exact) mass is 279 g/mol. The number of fused-ring (bicyclic) bond motifs is 2. The molecule has 0 aromatic carbocycles. The van der Waals surface area contributed by atoms with Crippen molar-refractivity contribution in [2.45, 2.75) is 38.3 Å². The van der Waals surface area contributed by atoms with Gasteiger partial charge in [0.2, 0.25) is 0 Å². The first-order valence-electron chi connectivity index (χ1n) is 6.30. The van der Waals surface area contributed by atoms with Crippen LogP contribution in [0.3, 0.4) is 0 Å².